The number of benzene rings is 2. The second-order valence-electron chi connectivity index (χ2n) is 9.65. The van der Waals surface area contributed by atoms with Crippen LogP contribution in [0.15, 0.2) is 66.0 Å². The van der Waals surface area contributed by atoms with Crippen LogP contribution in [0, 0.1) is 0 Å². The third-order valence-corrected chi connectivity index (χ3v) is 8.22. The summed E-state index contributed by atoms with van der Waals surface area (Å²) in [6.07, 6.45) is 6.72. The Balaban J connectivity index is 1.22. The molecule has 1 saturated heterocycles. The first-order valence-electron chi connectivity index (χ1n) is 13.0. The maximum atomic E-state index is 12.7. The van der Waals surface area contributed by atoms with Crippen LogP contribution in [-0.4, -0.2) is 84.3 Å². The third-order valence-electron chi connectivity index (χ3n) is 6.74. The summed E-state index contributed by atoms with van der Waals surface area (Å²) in [4.78, 5) is 13.9. The summed E-state index contributed by atoms with van der Waals surface area (Å²) in [7, 11) is -1.47. The van der Waals surface area contributed by atoms with Gasteiger partial charge in [-0.25, -0.2) is 23.1 Å². The van der Waals surface area contributed by atoms with Crippen LogP contribution in [0.1, 0.15) is 13.3 Å². The molecule has 38 heavy (non-hydrogen) atoms. The number of hydrogen-bond acceptors (Lipinski definition) is 8. The van der Waals surface area contributed by atoms with E-state index in [2.05, 4.69) is 48.9 Å². The van der Waals surface area contributed by atoms with Crippen LogP contribution < -0.4 is 10.0 Å². The predicted molar refractivity (Wildman–Crippen MR) is 150 cm³/mol. The van der Waals surface area contributed by atoms with E-state index in [1.165, 1.54) is 0 Å². The Morgan fingerprint density at radius 2 is 1.74 bits per heavy atom. The van der Waals surface area contributed by atoms with Gasteiger partial charge in [0.05, 0.1) is 16.6 Å². The second kappa shape index (κ2) is 11.6. The van der Waals surface area contributed by atoms with Crippen LogP contribution in [0.25, 0.3) is 22.0 Å². The lowest BCUT2D eigenvalue weighted by Crippen LogP contribution is -2.46. The van der Waals surface area contributed by atoms with Gasteiger partial charge in [-0.05, 0) is 49.4 Å². The molecule has 10 nitrogen and oxygen atoms in total. The number of nitrogens with one attached hydrogen (secondary N) is 2. The van der Waals surface area contributed by atoms with Crippen LogP contribution in [0.5, 0.6) is 0 Å². The van der Waals surface area contributed by atoms with Gasteiger partial charge >= 0.3 is 0 Å². The van der Waals surface area contributed by atoms with Crippen molar-refractivity contribution in [1.82, 2.24) is 34.3 Å². The van der Waals surface area contributed by atoms with Gasteiger partial charge in [-0.3, -0.25) is 9.58 Å². The van der Waals surface area contributed by atoms with Gasteiger partial charge < -0.3 is 10.2 Å². The van der Waals surface area contributed by atoms with Crippen molar-refractivity contribution in [3.05, 3.63) is 61.1 Å². The summed E-state index contributed by atoms with van der Waals surface area (Å²) in [6.45, 7) is 8.04. The summed E-state index contributed by atoms with van der Waals surface area (Å²) < 4.78 is 30.1. The lowest BCUT2D eigenvalue weighted by atomic mass is 10.1. The zero-order valence-corrected chi connectivity index (χ0v) is 22.7. The zero-order valence-electron chi connectivity index (χ0n) is 21.8. The summed E-state index contributed by atoms with van der Waals surface area (Å²) in [6, 6.07) is 12.7. The molecule has 0 aliphatic carbocycles. The van der Waals surface area contributed by atoms with Gasteiger partial charge in [-0.15, -0.1) is 0 Å². The molecule has 2 aromatic carbocycles. The Labute approximate surface area is 223 Å². The topological polar surface area (TPSA) is 108 Å². The molecule has 2 N–H and O–H groups in total. The van der Waals surface area contributed by atoms with Crippen molar-refractivity contribution in [2.75, 3.05) is 51.6 Å². The minimum absolute atomic E-state index is 0.231. The van der Waals surface area contributed by atoms with E-state index < -0.39 is 10.0 Å². The van der Waals surface area contributed by atoms with Gasteiger partial charge in [0.25, 0.3) is 0 Å². The molecule has 0 bridgehead atoms. The monoisotopic (exact) mass is 534 g/mol. The molecular formula is C27H34N8O2S. The molecule has 1 aliphatic heterocycles. The lowest BCUT2D eigenvalue weighted by molar-refractivity contribution is 0.156. The molecule has 0 saturated carbocycles. The van der Waals surface area contributed by atoms with Crippen LogP contribution in [0.3, 0.4) is 0 Å². The Morgan fingerprint density at radius 3 is 2.50 bits per heavy atom. The van der Waals surface area contributed by atoms with Crippen molar-refractivity contribution in [2.45, 2.75) is 24.8 Å². The van der Waals surface area contributed by atoms with E-state index in [1.807, 2.05) is 35.3 Å². The first-order valence-corrected chi connectivity index (χ1v) is 14.5. The summed E-state index contributed by atoms with van der Waals surface area (Å²) in [5.74, 6) is 0.442. The maximum absolute atomic E-state index is 12.7. The van der Waals surface area contributed by atoms with Gasteiger partial charge in [-0.1, -0.05) is 19.1 Å². The van der Waals surface area contributed by atoms with E-state index in [-0.39, 0.29) is 4.90 Å². The third kappa shape index (κ3) is 6.36. The zero-order chi connectivity index (χ0) is 26.5. The number of fused-ring (bicyclic) bond motifs is 1. The lowest BCUT2D eigenvalue weighted by Gasteiger charge is -2.32. The summed E-state index contributed by atoms with van der Waals surface area (Å²) >= 11 is 0. The molecule has 0 amide bonds. The SMILES string of the molecule is CCCn1cc(-c2ccc3cnc(Nc4ccc(S(=O)(=O)NCCN5CCN(C)CC5)cc4)nc3c2)cn1. The van der Waals surface area contributed by atoms with Crippen LogP contribution in [0.2, 0.25) is 0 Å². The molecule has 0 spiro atoms. The van der Waals surface area contributed by atoms with E-state index >= 15 is 0 Å². The number of likely N-dealkylation sites (N-methyl/N-ethyl adjacent to an activating group) is 1. The van der Waals surface area contributed by atoms with Gasteiger partial charge in [0.15, 0.2) is 0 Å². The first kappa shape index (κ1) is 26.2. The molecule has 1 fully saturated rings. The molecule has 200 valence electrons. The van der Waals surface area contributed by atoms with E-state index in [4.69, 9.17) is 0 Å². The number of aromatic nitrogens is 4. The minimum Gasteiger partial charge on any atom is -0.324 e. The molecule has 11 heteroatoms. The number of aryl methyl sites for hydroxylation is 1. The van der Waals surface area contributed by atoms with Crippen molar-refractivity contribution in [3.63, 3.8) is 0 Å². The quantitative estimate of drug-likeness (QED) is 0.319. The second-order valence-corrected chi connectivity index (χ2v) is 11.4. The molecule has 4 aromatic rings. The van der Waals surface area contributed by atoms with Gasteiger partial charge in [0.1, 0.15) is 0 Å². The van der Waals surface area contributed by atoms with E-state index in [1.54, 1.807) is 30.5 Å². The molecule has 1 aliphatic rings. The van der Waals surface area contributed by atoms with Gasteiger partial charge in [0.2, 0.25) is 16.0 Å². The molecule has 3 heterocycles. The highest BCUT2D eigenvalue weighted by atomic mass is 32.2. The Bertz CT molecular complexity index is 1480. The molecule has 0 radical (unpaired) electrons. The molecule has 0 atom stereocenters. The van der Waals surface area contributed by atoms with Crippen LogP contribution in [0.4, 0.5) is 11.6 Å². The van der Waals surface area contributed by atoms with Gasteiger partial charge in [-0.2, -0.15) is 5.10 Å². The fraction of sp³-hybridized carbons (Fsp3) is 0.370. The van der Waals surface area contributed by atoms with Crippen molar-refractivity contribution in [2.24, 2.45) is 0 Å². The van der Waals surface area contributed by atoms with Crippen molar-refractivity contribution >= 4 is 32.6 Å². The minimum atomic E-state index is -3.58. The fourth-order valence-corrected chi connectivity index (χ4v) is 5.49. The average Bonchev–Trinajstić information content (AvgIpc) is 3.39. The number of rotatable bonds is 10. The van der Waals surface area contributed by atoms with Crippen LogP contribution >= 0.6 is 0 Å². The van der Waals surface area contributed by atoms with Crippen molar-refractivity contribution in [3.8, 4) is 11.1 Å². The van der Waals surface area contributed by atoms with E-state index in [0.29, 0.717) is 24.7 Å². The highest BCUT2D eigenvalue weighted by Gasteiger charge is 2.17. The number of nitrogens with zero attached hydrogens (tertiary/aromatic N) is 6. The number of hydrogen-bond donors (Lipinski definition) is 2. The predicted octanol–water partition coefficient (Wildman–Crippen LogP) is 3.17. The van der Waals surface area contributed by atoms with E-state index in [0.717, 1.165) is 61.2 Å². The molecule has 5 rings (SSSR count). The molecule has 2 aromatic heterocycles. The highest BCUT2D eigenvalue weighted by molar-refractivity contribution is 7.89. The first-order chi connectivity index (χ1) is 18.4. The number of anilines is 2. The average molecular weight is 535 g/mol. The van der Waals surface area contributed by atoms with Crippen molar-refractivity contribution < 1.29 is 8.42 Å². The molecule has 0 unspecified atom stereocenters. The Kier molecular flexibility index (Phi) is 7.98. The smallest absolute Gasteiger partial charge is 0.240 e. The van der Waals surface area contributed by atoms with Crippen LogP contribution in [-0.2, 0) is 16.6 Å². The maximum Gasteiger partial charge on any atom is 0.240 e. The fourth-order valence-electron chi connectivity index (χ4n) is 4.47. The van der Waals surface area contributed by atoms with Crippen molar-refractivity contribution in [1.29, 1.82) is 0 Å². The highest BCUT2D eigenvalue weighted by Crippen LogP contribution is 2.24. The summed E-state index contributed by atoms with van der Waals surface area (Å²) in [5, 5.41) is 8.54. The summed E-state index contributed by atoms with van der Waals surface area (Å²) in [5.41, 5.74) is 3.60. The van der Waals surface area contributed by atoms with Gasteiger partial charge in [0, 0.05) is 74.8 Å². The van der Waals surface area contributed by atoms with E-state index in [9.17, 15) is 8.42 Å². The Morgan fingerprint density at radius 1 is 0.947 bits per heavy atom. The number of piperazine rings is 1. The normalized spacial score (nSPS) is 15.2. The Hall–Kier alpha value is -3.38. The standard InChI is InChI=1S/C27H34N8O2S/c1-3-11-35-20-23(19-29-35)21-4-5-22-18-28-27(32-26(22)17-21)31-24-6-8-25(9-7-24)38(36,37)30-10-12-34-15-13-33(2)14-16-34/h4-9,17-20,30H,3,10-16H2,1-2H3,(H,28,31,32). The number of sulfonamides is 1. The largest absolute Gasteiger partial charge is 0.324 e. The molecular weight excluding hydrogens is 500 g/mol.